The molecule has 0 bridgehead atoms. The molecule has 0 aliphatic heterocycles. The molecule has 0 amide bonds. The normalized spacial score (nSPS) is 11.6. The highest BCUT2D eigenvalue weighted by Crippen LogP contribution is 2.29. The molecule has 1 aromatic heterocycles. The summed E-state index contributed by atoms with van der Waals surface area (Å²) >= 11 is 5.71. The Morgan fingerprint density at radius 1 is 1.35 bits per heavy atom. The second-order valence-electron chi connectivity index (χ2n) is 3.55. The van der Waals surface area contributed by atoms with Gasteiger partial charge in [-0.1, -0.05) is 11.6 Å². The van der Waals surface area contributed by atoms with Crippen molar-refractivity contribution < 1.29 is 21.9 Å². The maximum absolute atomic E-state index is 12.1. The van der Waals surface area contributed by atoms with Crippen molar-refractivity contribution in [3.05, 3.63) is 35.5 Å². The predicted molar refractivity (Wildman–Crippen MR) is 67.5 cm³/mol. The first-order valence-corrected chi connectivity index (χ1v) is 7.01. The molecule has 2 rings (SSSR count). The van der Waals surface area contributed by atoms with Crippen LogP contribution in [0.2, 0.25) is 5.02 Å². The lowest BCUT2D eigenvalue weighted by Crippen LogP contribution is -2.13. The Kier molecular flexibility index (Phi) is 4.09. The van der Waals surface area contributed by atoms with Crippen LogP contribution in [0.15, 0.2) is 35.5 Å². The number of ether oxygens (including phenoxy) is 1. The minimum Gasteiger partial charge on any atom is -0.433 e. The van der Waals surface area contributed by atoms with E-state index in [0.29, 0.717) is 0 Å². The topological polar surface area (TPSA) is 84.1 Å². The lowest BCUT2D eigenvalue weighted by Gasteiger charge is -2.10. The number of aromatic nitrogens is 2. The van der Waals surface area contributed by atoms with Crippen LogP contribution in [0.4, 0.5) is 14.5 Å². The Morgan fingerprint density at radius 2 is 2.10 bits per heavy atom. The third-order valence-corrected chi connectivity index (χ3v) is 3.77. The van der Waals surface area contributed by atoms with Crippen LogP contribution < -0.4 is 9.46 Å². The van der Waals surface area contributed by atoms with E-state index in [9.17, 15) is 17.2 Å². The lowest BCUT2D eigenvalue weighted by atomic mass is 10.3. The maximum atomic E-state index is 12.1. The quantitative estimate of drug-likeness (QED) is 0.885. The van der Waals surface area contributed by atoms with Crippen LogP contribution in [-0.2, 0) is 10.0 Å². The van der Waals surface area contributed by atoms with Crippen molar-refractivity contribution >= 4 is 27.3 Å². The number of nitrogens with zero attached hydrogens (tertiary/aromatic N) is 1. The SMILES string of the molecule is O=S(=O)(Nc1ccc(OC(F)F)c(Cl)c1)c1ccn[nH]1. The van der Waals surface area contributed by atoms with Gasteiger partial charge in [-0.05, 0) is 24.3 Å². The number of nitrogens with one attached hydrogen (secondary N) is 2. The molecule has 0 radical (unpaired) electrons. The molecule has 2 N–H and O–H groups in total. The van der Waals surface area contributed by atoms with Gasteiger partial charge in [0.15, 0.2) is 5.03 Å². The highest BCUT2D eigenvalue weighted by molar-refractivity contribution is 7.92. The number of halogens is 3. The highest BCUT2D eigenvalue weighted by atomic mass is 35.5. The fourth-order valence-corrected chi connectivity index (χ4v) is 2.54. The number of hydrogen-bond donors (Lipinski definition) is 2. The smallest absolute Gasteiger partial charge is 0.387 e. The molecule has 1 aromatic carbocycles. The summed E-state index contributed by atoms with van der Waals surface area (Å²) in [5.41, 5.74) is 0.103. The maximum Gasteiger partial charge on any atom is 0.387 e. The molecule has 1 heterocycles. The molecular weight excluding hydrogens is 316 g/mol. The predicted octanol–water partition coefficient (Wildman–Crippen LogP) is 2.47. The van der Waals surface area contributed by atoms with Gasteiger partial charge in [0.25, 0.3) is 10.0 Å². The molecular formula is C10H8ClF2N3O3S. The number of H-pyrrole nitrogens is 1. The van der Waals surface area contributed by atoms with Gasteiger partial charge < -0.3 is 4.74 Å². The zero-order valence-corrected chi connectivity index (χ0v) is 11.3. The van der Waals surface area contributed by atoms with E-state index in [2.05, 4.69) is 19.7 Å². The van der Waals surface area contributed by atoms with Crippen molar-refractivity contribution in [3.63, 3.8) is 0 Å². The van der Waals surface area contributed by atoms with Crippen LogP contribution in [0.25, 0.3) is 0 Å². The Labute approximate surface area is 117 Å². The van der Waals surface area contributed by atoms with Crippen LogP contribution >= 0.6 is 11.6 Å². The summed E-state index contributed by atoms with van der Waals surface area (Å²) in [7, 11) is -3.84. The zero-order chi connectivity index (χ0) is 14.8. The molecule has 0 saturated carbocycles. The molecule has 0 atom stereocenters. The molecule has 0 spiro atoms. The summed E-state index contributed by atoms with van der Waals surface area (Å²) in [6.07, 6.45) is 1.28. The third-order valence-electron chi connectivity index (χ3n) is 2.16. The van der Waals surface area contributed by atoms with Crippen LogP contribution in [-0.4, -0.2) is 25.2 Å². The average Bonchev–Trinajstić information content (AvgIpc) is 2.86. The average molecular weight is 324 g/mol. The van der Waals surface area contributed by atoms with Crippen LogP contribution in [0.5, 0.6) is 5.75 Å². The number of sulfonamides is 1. The van der Waals surface area contributed by atoms with Gasteiger partial charge in [-0.3, -0.25) is 9.82 Å². The number of benzene rings is 1. The number of aromatic amines is 1. The molecule has 6 nitrogen and oxygen atoms in total. The summed E-state index contributed by atoms with van der Waals surface area (Å²) in [4.78, 5) is 0. The molecule has 0 aliphatic rings. The molecule has 10 heteroatoms. The first kappa shape index (κ1) is 14.5. The Hall–Kier alpha value is -1.87. The fourth-order valence-electron chi connectivity index (χ4n) is 1.36. The van der Waals surface area contributed by atoms with Crippen molar-refractivity contribution in [2.75, 3.05) is 4.72 Å². The summed E-state index contributed by atoms with van der Waals surface area (Å²) in [5.74, 6) is -0.244. The number of anilines is 1. The second-order valence-corrected chi connectivity index (χ2v) is 5.61. The summed E-state index contributed by atoms with van der Waals surface area (Å²) in [6, 6.07) is 4.81. The minimum absolute atomic E-state index is 0.103. The standard InChI is InChI=1S/C10H8ClF2N3O3S/c11-7-5-6(1-2-8(7)19-10(12)13)16-20(17,18)9-3-4-14-15-9/h1-5,10,16H,(H,14,15). The molecule has 2 aromatic rings. The van der Waals surface area contributed by atoms with E-state index in [0.717, 1.165) is 12.1 Å². The van der Waals surface area contributed by atoms with E-state index in [1.807, 2.05) is 0 Å². The van der Waals surface area contributed by atoms with Gasteiger partial charge in [0, 0.05) is 0 Å². The van der Waals surface area contributed by atoms with Crippen LogP contribution in [0.1, 0.15) is 0 Å². The zero-order valence-electron chi connectivity index (χ0n) is 9.68. The fraction of sp³-hybridized carbons (Fsp3) is 0.100. The Morgan fingerprint density at radius 3 is 2.65 bits per heavy atom. The minimum atomic E-state index is -3.84. The van der Waals surface area contributed by atoms with E-state index < -0.39 is 16.6 Å². The van der Waals surface area contributed by atoms with E-state index in [-0.39, 0.29) is 21.5 Å². The van der Waals surface area contributed by atoms with Gasteiger partial charge in [0.05, 0.1) is 16.9 Å². The molecule has 0 saturated heterocycles. The van der Waals surface area contributed by atoms with Gasteiger partial charge in [-0.2, -0.15) is 22.3 Å². The first-order valence-electron chi connectivity index (χ1n) is 5.15. The molecule has 0 fully saturated rings. The van der Waals surface area contributed by atoms with E-state index >= 15 is 0 Å². The largest absolute Gasteiger partial charge is 0.433 e. The molecule has 0 unspecified atom stereocenters. The molecule has 20 heavy (non-hydrogen) atoms. The van der Waals surface area contributed by atoms with Gasteiger partial charge in [-0.25, -0.2) is 0 Å². The van der Waals surface area contributed by atoms with Gasteiger partial charge >= 0.3 is 6.61 Å². The molecule has 108 valence electrons. The van der Waals surface area contributed by atoms with E-state index in [4.69, 9.17) is 11.6 Å². The molecule has 0 aliphatic carbocycles. The van der Waals surface area contributed by atoms with Crippen molar-refractivity contribution in [2.45, 2.75) is 11.6 Å². The summed E-state index contributed by atoms with van der Waals surface area (Å²) in [6.45, 7) is -3.01. The van der Waals surface area contributed by atoms with Crippen LogP contribution in [0.3, 0.4) is 0 Å². The first-order chi connectivity index (χ1) is 9.38. The Balaban J connectivity index is 2.21. The summed E-state index contributed by atoms with van der Waals surface area (Å²) in [5, 5.41) is 5.53. The third kappa shape index (κ3) is 3.36. The van der Waals surface area contributed by atoms with Gasteiger partial charge in [0.2, 0.25) is 0 Å². The Bertz CT molecular complexity index is 692. The van der Waals surface area contributed by atoms with Crippen molar-refractivity contribution in [1.82, 2.24) is 10.2 Å². The van der Waals surface area contributed by atoms with Gasteiger partial charge in [-0.15, -0.1) is 0 Å². The van der Waals surface area contributed by atoms with Crippen molar-refractivity contribution in [3.8, 4) is 5.75 Å². The van der Waals surface area contributed by atoms with E-state index in [1.165, 1.54) is 18.3 Å². The highest BCUT2D eigenvalue weighted by Gasteiger charge is 2.16. The van der Waals surface area contributed by atoms with Crippen molar-refractivity contribution in [1.29, 1.82) is 0 Å². The summed E-state index contributed by atoms with van der Waals surface area (Å²) < 4.78 is 54.2. The monoisotopic (exact) mass is 323 g/mol. The lowest BCUT2D eigenvalue weighted by molar-refractivity contribution is -0.0497. The number of alkyl halides is 2. The van der Waals surface area contributed by atoms with Crippen LogP contribution in [0, 0.1) is 0 Å². The number of hydrogen-bond acceptors (Lipinski definition) is 4. The number of rotatable bonds is 5. The second kappa shape index (κ2) is 5.63. The van der Waals surface area contributed by atoms with Crippen molar-refractivity contribution in [2.24, 2.45) is 0 Å². The van der Waals surface area contributed by atoms with E-state index in [1.54, 1.807) is 0 Å². The van der Waals surface area contributed by atoms with Gasteiger partial charge in [0.1, 0.15) is 5.75 Å².